The van der Waals surface area contributed by atoms with Crippen molar-refractivity contribution in [1.29, 1.82) is 0 Å². The molecule has 21 heavy (non-hydrogen) atoms. The predicted octanol–water partition coefficient (Wildman–Crippen LogP) is 4.65. The van der Waals surface area contributed by atoms with E-state index in [0.717, 1.165) is 47.8 Å². The van der Waals surface area contributed by atoms with Crippen LogP contribution in [0.1, 0.15) is 69.8 Å². The zero-order valence-electron chi connectivity index (χ0n) is 13.1. The smallest absolute Gasteiger partial charge is 0.156 e. The maximum atomic E-state index is 5.62. The summed E-state index contributed by atoms with van der Waals surface area (Å²) in [6.45, 7) is 6.46. The van der Waals surface area contributed by atoms with Gasteiger partial charge >= 0.3 is 0 Å². The van der Waals surface area contributed by atoms with E-state index in [1.807, 2.05) is 0 Å². The Hall–Kier alpha value is -0.680. The first-order chi connectivity index (χ1) is 10.3. The van der Waals surface area contributed by atoms with Crippen LogP contribution < -0.4 is 5.32 Å². The molecule has 0 bridgehead atoms. The fourth-order valence-electron chi connectivity index (χ4n) is 2.72. The summed E-state index contributed by atoms with van der Waals surface area (Å²) in [5.74, 6) is 2.28. The Morgan fingerprint density at radius 3 is 2.62 bits per heavy atom. The number of nitrogens with zero attached hydrogens (tertiary/aromatic N) is 2. The lowest BCUT2D eigenvalue weighted by Gasteiger charge is -2.16. The van der Waals surface area contributed by atoms with Gasteiger partial charge < -0.3 is 10.1 Å². The molecule has 0 saturated heterocycles. The first-order valence-electron chi connectivity index (χ1n) is 8.14. The van der Waals surface area contributed by atoms with Crippen LogP contribution in [0.2, 0.25) is 0 Å². The molecule has 0 amide bonds. The van der Waals surface area contributed by atoms with Gasteiger partial charge in [0.25, 0.3) is 0 Å². The van der Waals surface area contributed by atoms with E-state index in [1.165, 1.54) is 25.7 Å². The summed E-state index contributed by atoms with van der Waals surface area (Å²) in [4.78, 5) is 9.39. The number of nitrogens with one attached hydrogen (secondary N) is 1. The highest BCUT2D eigenvalue weighted by molar-refractivity contribution is 9.10. The van der Waals surface area contributed by atoms with Gasteiger partial charge in [0.2, 0.25) is 0 Å². The van der Waals surface area contributed by atoms with Crippen LogP contribution in [0.4, 0.5) is 5.82 Å². The molecular formula is C16H26BrN3O. The van der Waals surface area contributed by atoms with Crippen molar-refractivity contribution < 1.29 is 4.74 Å². The molecule has 0 aliphatic heterocycles. The summed E-state index contributed by atoms with van der Waals surface area (Å²) in [5.41, 5.74) is 1.16. The van der Waals surface area contributed by atoms with Crippen molar-refractivity contribution in [3.8, 4) is 0 Å². The minimum Gasteiger partial charge on any atom is -0.373 e. The molecule has 1 aliphatic carbocycles. The number of anilines is 1. The minimum absolute atomic E-state index is 0.502. The van der Waals surface area contributed by atoms with E-state index in [9.17, 15) is 0 Å². The average Bonchev–Trinajstić information content (AvgIpc) is 3.01. The van der Waals surface area contributed by atoms with Gasteiger partial charge in [-0.05, 0) is 41.6 Å². The molecule has 1 aromatic rings. The largest absolute Gasteiger partial charge is 0.373 e. The van der Waals surface area contributed by atoms with Gasteiger partial charge in [-0.25, -0.2) is 9.97 Å². The lowest BCUT2D eigenvalue weighted by atomic mass is 10.0. The van der Waals surface area contributed by atoms with E-state index >= 15 is 0 Å². The van der Waals surface area contributed by atoms with Gasteiger partial charge in [-0.1, -0.05) is 26.7 Å². The van der Waals surface area contributed by atoms with Crippen LogP contribution in [0.15, 0.2) is 4.47 Å². The Labute approximate surface area is 136 Å². The molecule has 0 atom stereocenters. The Kier molecular flexibility index (Phi) is 6.90. The van der Waals surface area contributed by atoms with Crippen molar-refractivity contribution in [1.82, 2.24) is 9.97 Å². The summed E-state index contributed by atoms with van der Waals surface area (Å²) in [5, 5.41) is 3.40. The maximum Gasteiger partial charge on any atom is 0.156 e. The van der Waals surface area contributed by atoms with E-state index in [4.69, 9.17) is 9.72 Å². The Balaban J connectivity index is 2.21. The standard InChI is InChI=1S/C16H26BrN3O/c1-3-9-18-16-14(17)15(12-7-5-6-8-12)19-13(20-16)11-21-10-4-2/h12H,3-11H2,1-2H3,(H,18,19,20). The van der Waals surface area contributed by atoms with E-state index in [1.54, 1.807) is 0 Å². The second-order valence-electron chi connectivity index (χ2n) is 5.65. The first-order valence-corrected chi connectivity index (χ1v) is 8.93. The van der Waals surface area contributed by atoms with Gasteiger partial charge in [-0.3, -0.25) is 0 Å². The third kappa shape index (κ3) is 4.65. The van der Waals surface area contributed by atoms with Crippen molar-refractivity contribution in [2.24, 2.45) is 0 Å². The van der Waals surface area contributed by atoms with Crippen LogP contribution in [-0.4, -0.2) is 23.1 Å². The Bertz CT molecular complexity index is 447. The molecule has 5 heteroatoms. The second-order valence-corrected chi connectivity index (χ2v) is 6.44. The van der Waals surface area contributed by atoms with Crippen molar-refractivity contribution >= 4 is 21.7 Å². The zero-order valence-corrected chi connectivity index (χ0v) is 14.7. The fraction of sp³-hybridized carbons (Fsp3) is 0.750. The monoisotopic (exact) mass is 355 g/mol. The molecular weight excluding hydrogens is 330 g/mol. The molecule has 118 valence electrons. The molecule has 1 heterocycles. The van der Waals surface area contributed by atoms with Crippen LogP contribution in [0, 0.1) is 0 Å². The molecule has 0 unspecified atom stereocenters. The predicted molar refractivity (Wildman–Crippen MR) is 89.7 cm³/mol. The summed E-state index contributed by atoms with van der Waals surface area (Å²) >= 11 is 3.71. The van der Waals surface area contributed by atoms with Crippen LogP contribution in [0.25, 0.3) is 0 Å². The number of hydrogen-bond donors (Lipinski definition) is 1. The molecule has 1 aromatic heterocycles. The molecule has 0 radical (unpaired) electrons. The minimum atomic E-state index is 0.502. The van der Waals surface area contributed by atoms with Gasteiger partial charge in [0.05, 0.1) is 10.2 Å². The zero-order chi connectivity index (χ0) is 15.1. The Morgan fingerprint density at radius 1 is 1.19 bits per heavy atom. The van der Waals surface area contributed by atoms with E-state index in [-0.39, 0.29) is 0 Å². The number of halogens is 1. The summed E-state index contributed by atoms with van der Waals surface area (Å²) in [6.07, 6.45) is 7.18. The van der Waals surface area contributed by atoms with E-state index in [2.05, 4.69) is 40.1 Å². The highest BCUT2D eigenvalue weighted by Crippen LogP contribution is 2.38. The van der Waals surface area contributed by atoms with Gasteiger partial charge in [0.15, 0.2) is 5.82 Å². The topological polar surface area (TPSA) is 47.0 Å². The van der Waals surface area contributed by atoms with E-state index < -0.39 is 0 Å². The maximum absolute atomic E-state index is 5.62. The third-order valence-corrected chi connectivity index (χ3v) is 4.57. The summed E-state index contributed by atoms with van der Waals surface area (Å²) < 4.78 is 6.66. The molecule has 1 fully saturated rings. The average molecular weight is 356 g/mol. The quantitative estimate of drug-likeness (QED) is 0.689. The van der Waals surface area contributed by atoms with Crippen molar-refractivity contribution in [2.75, 3.05) is 18.5 Å². The van der Waals surface area contributed by atoms with Gasteiger partial charge in [-0.15, -0.1) is 0 Å². The number of aromatic nitrogens is 2. The van der Waals surface area contributed by atoms with Crippen LogP contribution in [0.3, 0.4) is 0 Å². The first kappa shape index (κ1) is 16.7. The third-order valence-electron chi connectivity index (χ3n) is 3.79. The highest BCUT2D eigenvalue weighted by Gasteiger charge is 2.23. The van der Waals surface area contributed by atoms with Crippen LogP contribution >= 0.6 is 15.9 Å². The SMILES string of the molecule is CCCNc1nc(COCCC)nc(C2CCCC2)c1Br. The van der Waals surface area contributed by atoms with Crippen molar-refractivity contribution in [3.05, 3.63) is 16.0 Å². The molecule has 0 spiro atoms. The highest BCUT2D eigenvalue weighted by atomic mass is 79.9. The molecule has 0 aromatic carbocycles. The molecule has 2 rings (SSSR count). The summed E-state index contributed by atoms with van der Waals surface area (Å²) in [6, 6.07) is 0. The van der Waals surface area contributed by atoms with E-state index in [0.29, 0.717) is 12.5 Å². The summed E-state index contributed by atoms with van der Waals surface area (Å²) in [7, 11) is 0. The lowest BCUT2D eigenvalue weighted by Crippen LogP contribution is -2.11. The normalized spacial score (nSPS) is 15.6. The number of ether oxygens (including phenoxy) is 1. The fourth-order valence-corrected chi connectivity index (χ4v) is 3.36. The van der Waals surface area contributed by atoms with Gasteiger partial charge in [0.1, 0.15) is 12.4 Å². The van der Waals surface area contributed by atoms with Gasteiger partial charge in [-0.2, -0.15) is 0 Å². The van der Waals surface area contributed by atoms with Gasteiger partial charge in [0, 0.05) is 19.1 Å². The lowest BCUT2D eigenvalue weighted by molar-refractivity contribution is 0.116. The molecule has 4 nitrogen and oxygen atoms in total. The number of rotatable bonds is 8. The molecule has 1 saturated carbocycles. The van der Waals surface area contributed by atoms with Crippen LogP contribution in [0.5, 0.6) is 0 Å². The van der Waals surface area contributed by atoms with Crippen molar-refractivity contribution in [3.63, 3.8) is 0 Å². The van der Waals surface area contributed by atoms with Crippen molar-refractivity contribution in [2.45, 2.75) is 64.9 Å². The number of hydrogen-bond acceptors (Lipinski definition) is 4. The Morgan fingerprint density at radius 2 is 1.95 bits per heavy atom. The molecule has 1 aliphatic rings. The van der Waals surface area contributed by atoms with Crippen LogP contribution in [-0.2, 0) is 11.3 Å². The second kappa shape index (κ2) is 8.69. The molecule has 1 N–H and O–H groups in total.